The number of halogens is 1. The molecular formula is C26H24FN5O4. The average molecular weight is 490 g/mol. The number of nitrogens with one attached hydrogen (secondary N) is 2. The van der Waals surface area contributed by atoms with Crippen LogP contribution in [0.4, 0.5) is 14.9 Å². The van der Waals surface area contributed by atoms with Crippen molar-refractivity contribution >= 4 is 29.8 Å². The quantitative estimate of drug-likeness (QED) is 0.342. The number of nitrogens with zero attached hydrogens (tertiary/aromatic N) is 3. The minimum absolute atomic E-state index is 0.0855. The molecule has 0 radical (unpaired) electrons. The van der Waals surface area contributed by atoms with Gasteiger partial charge in [-0.15, -0.1) is 0 Å². The highest BCUT2D eigenvalue weighted by Crippen LogP contribution is 2.60. The molecule has 9 nitrogen and oxygen atoms in total. The van der Waals surface area contributed by atoms with E-state index < -0.39 is 5.82 Å². The Morgan fingerprint density at radius 1 is 1.22 bits per heavy atom. The molecule has 3 aliphatic rings. The number of urea groups is 1. The van der Waals surface area contributed by atoms with Gasteiger partial charge in [0.2, 0.25) is 0 Å². The van der Waals surface area contributed by atoms with E-state index in [4.69, 9.17) is 9.47 Å². The first-order valence-corrected chi connectivity index (χ1v) is 11.9. The molecule has 2 amide bonds. The second-order valence-electron chi connectivity index (χ2n) is 9.24. The lowest BCUT2D eigenvalue weighted by Gasteiger charge is -2.18. The number of rotatable bonds is 9. The van der Waals surface area contributed by atoms with Crippen molar-refractivity contribution in [3.8, 4) is 11.5 Å². The third-order valence-electron chi connectivity index (χ3n) is 6.63. The monoisotopic (exact) mass is 489 g/mol. The fourth-order valence-corrected chi connectivity index (χ4v) is 4.65. The fraction of sp³-hybridized carbons (Fsp3) is 0.308. The Bertz CT molecular complexity index is 1370. The number of fused-ring (bicyclic) bond motifs is 3. The smallest absolute Gasteiger partial charge is 0.319 e. The Kier molecular flexibility index (Phi) is 5.63. The molecule has 36 heavy (non-hydrogen) atoms. The predicted molar refractivity (Wildman–Crippen MR) is 129 cm³/mol. The van der Waals surface area contributed by atoms with Crippen molar-refractivity contribution in [3.63, 3.8) is 0 Å². The van der Waals surface area contributed by atoms with Crippen LogP contribution in [-0.2, 0) is 16.1 Å². The number of benzene rings is 1. The molecule has 0 spiro atoms. The molecule has 2 fully saturated rings. The zero-order chi connectivity index (χ0) is 24.6. The topological polar surface area (TPSA) is 107 Å². The largest absolute Gasteiger partial charge is 0.466 e. The van der Waals surface area contributed by atoms with Crippen LogP contribution >= 0.6 is 0 Å². The van der Waals surface area contributed by atoms with Crippen molar-refractivity contribution in [1.82, 2.24) is 20.1 Å². The standard InChI is InChI=1S/C26H24FN5O4/c27-21-9-17(31-26(34)30-16-1-2-16)3-4-23(21)36-24-5-6-28-22-11-18(19-10-20(19)25(22)24)15-12-29-32(13-15)7-8-35-14-33/h3-6,9,11-14,16,19-20H,1-2,7-8,10H2,(H2,30,31,34). The first kappa shape index (κ1) is 22.3. The van der Waals surface area contributed by atoms with E-state index in [2.05, 4.69) is 20.7 Å². The van der Waals surface area contributed by atoms with Crippen molar-refractivity contribution in [3.05, 3.63) is 65.5 Å². The van der Waals surface area contributed by atoms with Crippen LogP contribution in [0.2, 0.25) is 0 Å². The Morgan fingerprint density at radius 3 is 2.92 bits per heavy atom. The lowest BCUT2D eigenvalue weighted by atomic mass is 9.92. The van der Waals surface area contributed by atoms with Crippen LogP contribution in [0.25, 0.3) is 11.6 Å². The van der Waals surface area contributed by atoms with Crippen molar-refractivity contribution in [2.45, 2.75) is 37.8 Å². The van der Waals surface area contributed by atoms with Gasteiger partial charge in [0.05, 0.1) is 18.4 Å². The summed E-state index contributed by atoms with van der Waals surface area (Å²) in [5, 5.41) is 9.82. The first-order chi connectivity index (χ1) is 17.6. The molecule has 0 aliphatic heterocycles. The highest BCUT2D eigenvalue weighted by Gasteiger charge is 2.47. The molecule has 10 heteroatoms. The highest BCUT2D eigenvalue weighted by molar-refractivity contribution is 5.90. The number of carbonyl (C=O) groups excluding carboxylic acids is 2. The second-order valence-corrected chi connectivity index (χ2v) is 9.24. The number of amides is 2. The van der Waals surface area contributed by atoms with E-state index in [0.717, 1.165) is 41.7 Å². The van der Waals surface area contributed by atoms with Gasteiger partial charge in [0, 0.05) is 41.3 Å². The van der Waals surface area contributed by atoms with Crippen LogP contribution in [0.1, 0.15) is 42.0 Å². The van der Waals surface area contributed by atoms with Crippen molar-refractivity contribution in [2.24, 2.45) is 5.92 Å². The number of ether oxygens (including phenoxy) is 2. The van der Waals surface area contributed by atoms with E-state index in [-0.39, 0.29) is 30.3 Å². The van der Waals surface area contributed by atoms with Gasteiger partial charge >= 0.3 is 6.03 Å². The van der Waals surface area contributed by atoms with Crippen molar-refractivity contribution in [1.29, 1.82) is 0 Å². The molecule has 2 unspecified atom stereocenters. The maximum atomic E-state index is 14.8. The number of aromatic nitrogens is 3. The minimum Gasteiger partial charge on any atom is -0.466 e. The molecule has 2 heterocycles. The molecule has 3 aromatic rings. The average Bonchev–Trinajstić information content (AvgIpc) is 3.79. The SMILES string of the molecule is O=COCCn1cc(C2=Cc3nccc(Oc4ccc(NC(=O)NC5CC5)cc4F)c3C3CC23)cn1. The molecule has 2 aromatic heterocycles. The van der Waals surface area contributed by atoms with Crippen LogP contribution in [0.15, 0.2) is 42.9 Å². The molecule has 3 aliphatic carbocycles. The van der Waals surface area contributed by atoms with E-state index in [9.17, 15) is 14.0 Å². The molecule has 2 saturated carbocycles. The lowest BCUT2D eigenvalue weighted by Crippen LogP contribution is -2.30. The fourth-order valence-electron chi connectivity index (χ4n) is 4.65. The van der Waals surface area contributed by atoms with Crippen molar-refractivity contribution < 1.29 is 23.5 Å². The summed E-state index contributed by atoms with van der Waals surface area (Å²) in [6.07, 6.45) is 10.3. The van der Waals surface area contributed by atoms with Gasteiger partial charge in [-0.05, 0) is 60.9 Å². The van der Waals surface area contributed by atoms with Crippen LogP contribution in [0.3, 0.4) is 0 Å². The third-order valence-corrected chi connectivity index (χ3v) is 6.63. The zero-order valence-electron chi connectivity index (χ0n) is 19.3. The number of allylic oxidation sites excluding steroid dienone is 1. The summed E-state index contributed by atoms with van der Waals surface area (Å²) < 4.78 is 27.3. The summed E-state index contributed by atoms with van der Waals surface area (Å²) >= 11 is 0. The molecule has 0 saturated heterocycles. The molecule has 1 aromatic carbocycles. The highest BCUT2D eigenvalue weighted by atomic mass is 19.1. The molecular weight excluding hydrogens is 465 g/mol. The molecule has 6 rings (SSSR count). The number of hydrogen-bond acceptors (Lipinski definition) is 6. The lowest BCUT2D eigenvalue weighted by molar-refractivity contribution is -0.129. The first-order valence-electron chi connectivity index (χ1n) is 11.9. The summed E-state index contributed by atoms with van der Waals surface area (Å²) in [7, 11) is 0. The van der Waals surface area contributed by atoms with Gasteiger partial charge in [-0.3, -0.25) is 14.5 Å². The Morgan fingerprint density at radius 2 is 2.11 bits per heavy atom. The van der Waals surface area contributed by atoms with Gasteiger partial charge < -0.3 is 20.1 Å². The van der Waals surface area contributed by atoms with Crippen LogP contribution < -0.4 is 15.4 Å². The van der Waals surface area contributed by atoms with E-state index in [1.807, 2.05) is 18.5 Å². The van der Waals surface area contributed by atoms with E-state index in [0.29, 0.717) is 30.4 Å². The van der Waals surface area contributed by atoms with E-state index >= 15 is 0 Å². The molecule has 0 bridgehead atoms. The van der Waals surface area contributed by atoms with Gasteiger partial charge in [0.15, 0.2) is 11.6 Å². The predicted octanol–water partition coefficient (Wildman–Crippen LogP) is 4.32. The Balaban J connectivity index is 1.20. The maximum absolute atomic E-state index is 14.8. The molecule has 2 atom stereocenters. The van der Waals surface area contributed by atoms with Crippen molar-refractivity contribution in [2.75, 3.05) is 11.9 Å². The Hall–Kier alpha value is -4.21. The zero-order valence-corrected chi connectivity index (χ0v) is 19.3. The van der Waals surface area contributed by atoms with Crippen LogP contribution in [0, 0.1) is 11.7 Å². The van der Waals surface area contributed by atoms with Crippen LogP contribution in [0.5, 0.6) is 11.5 Å². The number of carbonyl (C=O) groups is 2. The minimum atomic E-state index is -0.560. The van der Waals surface area contributed by atoms with Gasteiger partial charge in [-0.25, -0.2) is 9.18 Å². The normalized spacial score (nSPS) is 19.4. The molecule has 184 valence electrons. The van der Waals surface area contributed by atoms with Crippen LogP contribution in [-0.4, -0.2) is 39.9 Å². The number of hydrogen-bond donors (Lipinski definition) is 2. The summed E-state index contributed by atoms with van der Waals surface area (Å²) in [6.45, 7) is 1.18. The van der Waals surface area contributed by atoms with Gasteiger partial charge in [0.1, 0.15) is 12.4 Å². The van der Waals surface area contributed by atoms with E-state index in [1.165, 1.54) is 12.1 Å². The summed E-state index contributed by atoms with van der Waals surface area (Å²) in [5.74, 6) is 0.656. The summed E-state index contributed by atoms with van der Waals surface area (Å²) in [5.41, 5.74) is 4.30. The summed E-state index contributed by atoms with van der Waals surface area (Å²) in [6, 6.07) is 6.03. The molecule has 2 N–H and O–H groups in total. The number of pyridine rings is 1. The van der Waals surface area contributed by atoms with Gasteiger partial charge in [-0.2, -0.15) is 5.10 Å². The Labute approximate surface area is 206 Å². The van der Waals surface area contributed by atoms with E-state index in [1.54, 1.807) is 23.0 Å². The van der Waals surface area contributed by atoms with Gasteiger partial charge in [-0.1, -0.05) is 0 Å². The second kappa shape index (κ2) is 9.10. The van der Waals surface area contributed by atoms with Gasteiger partial charge in [0.25, 0.3) is 6.47 Å². The third kappa shape index (κ3) is 4.53. The number of anilines is 1. The maximum Gasteiger partial charge on any atom is 0.319 e. The summed E-state index contributed by atoms with van der Waals surface area (Å²) in [4.78, 5) is 26.8.